The van der Waals surface area contributed by atoms with E-state index in [9.17, 15) is 9.18 Å². The lowest BCUT2D eigenvalue weighted by molar-refractivity contribution is -0.133. The number of carbonyl (C=O) groups excluding carboxylic acids is 1. The van der Waals surface area contributed by atoms with Gasteiger partial charge < -0.3 is 9.47 Å². The molecule has 0 N–H and O–H groups in total. The zero-order valence-electron chi connectivity index (χ0n) is 8.33. The predicted molar refractivity (Wildman–Crippen MR) is 51.8 cm³/mol. The maximum atomic E-state index is 13.3. The van der Waals surface area contributed by atoms with E-state index in [0.29, 0.717) is 0 Å². The lowest BCUT2D eigenvalue weighted by Crippen LogP contribution is -1.96. The molecular weight excluding hydrogens is 199 g/mol. The van der Waals surface area contributed by atoms with Gasteiger partial charge in [-0.05, 0) is 18.1 Å². The Kier molecular flexibility index (Phi) is 3.69. The highest BCUT2D eigenvalue weighted by Gasteiger charge is 2.05. The summed E-state index contributed by atoms with van der Waals surface area (Å²) in [5, 5.41) is 0. The summed E-state index contributed by atoms with van der Waals surface area (Å²) in [6, 6.07) is 4.30. The third kappa shape index (κ3) is 2.71. The number of hydrogen-bond donors (Lipinski definition) is 0. The molecule has 0 spiro atoms. The van der Waals surface area contributed by atoms with Gasteiger partial charge in [0.2, 0.25) is 0 Å². The number of methoxy groups -OCH3 is 2. The van der Waals surface area contributed by atoms with E-state index in [-0.39, 0.29) is 11.3 Å². The minimum absolute atomic E-state index is 0.0467. The summed E-state index contributed by atoms with van der Waals surface area (Å²) in [7, 11) is 2.60. The van der Waals surface area contributed by atoms with Crippen LogP contribution in [0.3, 0.4) is 0 Å². The van der Waals surface area contributed by atoms with E-state index < -0.39 is 11.8 Å². The third-order valence-corrected chi connectivity index (χ3v) is 1.67. The van der Waals surface area contributed by atoms with Crippen LogP contribution < -0.4 is 4.74 Å². The first-order chi connectivity index (χ1) is 7.19. The van der Waals surface area contributed by atoms with Crippen LogP contribution in [0.15, 0.2) is 18.2 Å². The molecule has 15 heavy (non-hydrogen) atoms. The van der Waals surface area contributed by atoms with E-state index in [2.05, 4.69) is 16.6 Å². The molecule has 1 aromatic rings. The van der Waals surface area contributed by atoms with Gasteiger partial charge in [0, 0.05) is 5.92 Å². The third-order valence-electron chi connectivity index (χ3n) is 1.67. The standard InChI is InChI=1S/C11H9FO3/c1-14-10-5-3-4-9(12)8(10)6-7-11(13)15-2/h3-5H,1-2H3. The quantitative estimate of drug-likeness (QED) is 0.516. The molecule has 78 valence electrons. The molecule has 1 rings (SSSR count). The van der Waals surface area contributed by atoms with Gasteiger partial charge in [-0.25, -0.2) is 9.18 Å². The van der Waals surface area contributed by atoms with Crippen molar-refractivity contribution in [3.05, 3.63) is 29.6 Å². The van der Waals surface area contributed by atoms with E-state index >= 15 is 0 Å². The van der Waals surface area contributed by atoms with Gasteiger partial charge >= 0.3 is 5.97 Å². The first-order valence-electron chi connectivity index (χ1n) is 4.11. The van der Waals surface area contributed by atoms with Crippen molar-refractivity contribution in [3.63, 3.8) is 0 Å². The maximum Gasteiger partial charge on any atom is 0.384 e. The van der Waals surface area contributed by atoms with Crippen LogP contribution in [0.4, 0.5) is 4.39 Å². The molecule has 0 unspecified atom stereocenters. The molecule has 0 fully saturated rings. The fraction of sp³-hybridized carbons (Fsp3) is 0.182. The van der Waals surface area contributed by atoms with Crippen LogP contribution >= 0.6 is 0 Å². The van der Waals surface area contributed by atoms with Gasteiger partial charge in [0.1, 0.15) is 17.1 Å². The number of rotatable bonds is 1. The summed E-state index contributed by atoms with van der Waals surface area (Å²) in [5.41, 5.74) is 0.0467. The number of ether oxygens (including phenoxy) is 2. The van der Waals surface area contributed by atoms with Crippen LogP contribution in [-0.4, -0.2) is 20.2 Å². The Bertz CT molecular complexity index is 429. The number of esters is 1. The summed E-state index contributed by atoms with van der Waals surface area (Å²) < 4.78 is 22.5. The van der Waals surface area contributed by atoms with Crippen LogP contribution in [0.2, 0.25) is 0 Å². The topological polar surface area (TPSA) is 35.5 Å². The molecule has 0 radical (unpaired) electrons. The molecule has 3 nitrogen and oxygen atoms in total. The second-order valence-electron chi connectivity index (χ2n) is 2.56. The molecule has 0 aliphatic heterocycles. The van der Waals surface area contributed by atoms with Gasteiger partial charge in [0.25, 0.3) is 0 Å². The van der Waals surface area contributed by atoms with Crippen molar-refractivity contribution in [2.75, 3.05) is 14.2 Å². The van der Waals surface area contributed by atoms with E-state index in [1.807, 2.05) is 0 Å². The second kappa shape index (κ2) is 5.01. The second-order valence-corrected chi connectivity index (χ2v) is 2.56. The molecule has 0 saturated heterocycles. The Morgan fingerprint density at radius 1 is 1.40 bits per heavy atom. The first kappa shape index (κ1) is 11.1. The van der Waals surface area contributed by atoms with Gasteiger partial charge in [-0.3, -0.25) is 0 Å². The number of halogens is 1. The van der Waals surface area contributed by atoms with Gasteiger partial charge in [0.05, 0.1) is 14.2 Å². The van der Waals surface area contributed by atoms with E-state index in [4.69, 9.17) is 4.74 Å². The molecule has 0 aliphatic carbocycles. The molecule has 0 bridgehead atoms. The summed E-state index contributed by atoms with van der Waals surface area (Å²) in [6.07, 6.45) is 0. The molecule has 1 aromatic carbocycles. The Labute approximate surface area is 86.8 Å². The van der Waals surface area contributed by atoms with Crippen molar-refractivity contribution in [3.8, 4) is 17.6 Å². The van der Waals surface area contributed by atoms with Crippen molar-refractivity contribution in [2.24, 2.45) is 0 Å². The van der Waals surface area contributed by atoms with Crippen molar-refractivity contribution in [2.45, 2.75) is 0 Å². The smallest absolute Gasteiger partial charge is 0.384 e. The Morgan fingerprint density at radius 2 is 2.13 bits per heavy atom. The number of hydrogen-bond acceptors (Lipinski definition) is 3. The molecule has 0 amide bonds. The van der Waals surface area contributed by atoms with Crippen molar-refractivity contribution in [1.82, 2.24) is 0 Å². The average Bonchev–Trinajstić information content (AvgIpc) is 2.26. The summed E-state index contributed by atoms with van der Waals surface area (Å²) in [6.45, 7) is 0. The monoisotopic (exact) mass is 208 g/mol. The maximum absolute atomic E-state index is 13.3. The van der Waals surface area contributed by atoms with Crippen LogP contribution in [0, 0.1) is 17.7 Å². The molecule has 0 heterocycles. The lowest BCUT2D eigenvalue weighted by Gasteiger charge is -2.02. The summed E-state index contributed by atoms with van der Waals surface area (Å²) in [5.74, 6) is 3.52. The zero-order valence-corrected chi connectivity index (χ0v) is 8.33. The highest BCUT2D eigenvalue weighted by molar-refractivity contribution is 5.89. The normalized spacial score (nSPS) is 8.73. The fourth-order valence-corrected chi connectivity index (χ4v) is 0.960. The molecule has 4 heteroatoms. The van der Waals surface area contributed by atoms with Gasteiger partial charge in [0.15, 0.2) is 0 Å². The number of benzene rings is 1. The van der Waals surface area contributed by atoms with Gasteiger partial charge in [-0.1, -0.05) is 6.07 Å². The highest BCUT2D eigenvalue weighted by atomic mass is 19.1. The zero-order chi connectivity index (χ0) is 11.3. The van der Waals surface area contributed by atoms with Crippen molar-refractivity contribution >= 4 is 5.97 Å². The predicted octanol–water partition coefficient (Wildman–Crippen LogP) is 1.36. The Morgan fingerprint density at radius 3 is 2.73 bits per heavy atom. The van der Waals surface area contributed by atoms with Crippen LogP contribution in [0.5, 0.6) is 5.75 Å². The largest absolute Gasteiger partial charge is 0.495 e. The molecule has 0 atom stereocenters. The van der Waals surface area contributed by atoms with Crippen LogP contribution in [0.25, 0.3) is 0 Å². The first-order valence-corrected chi connectivity index (χ1v) is 4.11. The Hall–Kier alpha value is -2.02. The van der Waals surface area contributed by atoms with Gasteiger partial charge in [-0.2, -0.15) is 0 Å². The van der Waals surface area contributed by atoms with E-state index in [1.165, 1.54) is 26.4 Å². The lowest BCUT2D eigenvalue weighted by atomic mass is 10.2. The van der Waals surface area contributed by atoms with E-state index in [1.54, 1.807) is 6.07 Å². The number of carbonyl (C=O) groups is 1. The van der Waals surface area contributed by atoms with Crippen molar-refractivity contribution in [1.29, 1.82) is 0 Å². The van der Waals surface area contributed by atoms with Crippen LogP contribution in [-0.2, 0) is 9.53 Å². The Balaban J connectivity index is 3.11. The van der Waals surface area contributed by atoms with Crippen molar-refractivity contribution < 1.29 is 18.7 Å². The van der Waals surface area contributed by atoms with Gasteiger partial charge in [-0.15, -0.1) is 0 Å². The molecular formula is C11H9FO3. The summed E-state index contributed by atoms with van der Waals surface area (Å²) >= 11 is 0. The molecule has 0 aromatic heterocycles. The van der Waals surface area contributed by atoms with E-state index in [0.717, 1.165) is 0 Å². The van der Waals surface area contributed by atoms with Crippen LogP contribution in [0.1, 0.15) is 5.56 Å². The SMILES string of the molecule is COC(=O)C#Cc1c(F)cccc1OC. The molecule has 0 saturated carbocycles. The molecule has 0 aliphatic rings. The highest BCUT2D eigenvalue weighted by Crippen LogP contribution is 2.19. The fourth-order valence-electron chi connectivity index (χ4n) is 0.960. The minimum atomic E-state index is -0.722. The summed E-state index contributed by atoms with van der Waals surface area (Å²) in [4.78, 5) is 10.7. The average molecular weight is 208 g/mol. The minimum Gasteiger partial charge on any atom is -0.495 e.